The monoisotopic (exact) mass is 391 g/mol. The van der Waals surface area contributed by atoms with Gasteiger partial charge in [-0.15, -0.1) is 0 Å². The van der Waals surface area contributed by atoms with E-state index in [1.54, 1.807) is 0 Å². The molecule has 0 aromatic carbocycles. The van der Waals surface area contributed by atoms with Crippen LogP contribution in [0.2, 0.25) is 0 Å². The first-order chi connectivity index (χ1) is 12.7. The van der Waals surface area contributed by atoms with Crippen LogP contribution >= 0.6 is 0 Å². The maximum atomic E-state index is 12.1. The summed E-state index contributed by atoms with van der Waals surface area (Å²) >= 11 is 0. The van der Waals surface area contributed by atoms with Crippen molar-refractivity contribution in [3.63, 3.8) is 0 Å². The summed E-state index contributed by atoms with van der Waals surface area (Å²) < 4.78 is 0. The number of hydrogen-bond donors (Lipinski definition) is 8. The second kappa shape index (κ2) is 13.0. The van der Waals surface area contributed by atoms with Gasteiger partial charge >= 0.3 is 5.97 Å². The summed E-state index contributed by atoms with van der Waals surface area (Å²) in [6.07, 6.45) is 1.22. The third-order valence-corrected chi connectivity index (χ3v) is 3.66. The van der Waals surface area contributed by atoms with Gasteiger partial charge in [-0.1, -0.05) is 0 Å². The van der Waals surface area contributed by atoms with Crippen LogP contribution in [0.3, 0.4) is 0 Å². The molecule has 4 unspecified atom stereocenters. The molecule has 0 aliphatic heterocycles. The van der Waals surface area contributed by atoms with E-state index in [0.717, 1.165) is 0 Å². The summed E-state index contributed by atoms with van der Waals surface area (Å²) in [7, 11) is 0. The van der Waals surface area contributed by atoms with Crippen LogP contribution in [0.25, 0.3) is 0 Å². The Kier molecular flexibility index (Phi) is 11.9. The number of nitrogens with two attached hydrogens (primary N) is 2. The molecular weight excluding hydrogens is 362 g/mol. The quantitative estimate of drug-likeness (QED) is 0.143. The lowest BCUT2D eigenvalue weighted by atomic mass is 10.1. The summed E-state index contributed by atoms with van der Waals surface area (Å²) in [6, 6.07) is -4.90. The lowest BCUT2D eigenvalue weighted by Gasteiger charge is -2.22. The smallest absolute Gasteiger partial charge is 0.326 e. The van der Waals surface area contributed by atoms with Gasteiger partial charge in [0, 0.05) is 0 Å². The number of hydrogen-bond acceptors (Lipinski definition) is 8. The van der Waals surface area contributed by atoms with Gasteiger partial charge in [0.25, 0.3) is 0 Å². The number of carbonyl (C=O) groups excluding carboxylic acids is 3. The van der Waals surface area contributed by atoms with E-state index in [9.17, 15) is 24.3 Å². The van der Waals surface area contributed by atoms with Crippen LogP contribution in [-0.4, -0.2) is 82.9 Å². The molecule has 12 heteroatoms. The molecular formula is C15H29N5O7. The van der Waals surface area contributed by atoms with E-state index in [2.05, 4.69) is 16.0 Å². The highest BCUT2D eigenvalue weighted by molar-refractivity contribution is 5.93. The number of amides is 3. The van der Waals surface area contributed by atoms with Crippen LogP contribution < -0.4 is 27.4 Å². The molecule has 0 rings (SSSR count). The number of aliphatic hydroxyl groups is 2. The van der Waals surface area contributed by atoms with Crippen LogP contribution in [0.4, 0.5) is 0 Å². The highest BCUT2D eigenvalue weighted by Gasteiger charge is 2.28. The molecule has 10 N–H and O–H groups in total. The first-order valence-corrected chi connectivity index (χ1v) is 8.49. The molecule has 0 saturated carbocycles. The lowest BCUT2D eigenvalue weighted by molar-refractivity contribution is -0.142. The van der Waals surface area contributed by atoms with Crippen LogP contribution in [0.1, 0.15) is 26.2 Å². The zero-order chi connectivity index (χ0) is 21.0. The fourth-order valence-corrected chi connectivity index (χ4v) is 1.98. The fraction of sp³-hybridized carbons (Fsp3) is 0.733. The van der Waals surface area contributed by atoms with Crippen LogP contribution in [-0.2, 0) is 19.2 Å². The second-order valence-corrected chi connectivity index (χ2v) is 5.95. The first kappa shape index (κ1) is 24.7. The molecule has 4 atom stereocenters. The normalized spacial score (nSPS) is 15.1. The summed E-state index contributed by atoms with van der Waals surface area (Å²) in [4.78, 5) is 46.9. The van der Waals surface area contributed by atoms with Crippen LogP contribution in [0, 0.1) is 0 Å². The highest BCUT2D eigenvalue weighted by Crippen LogP contribution is 2.01. The Morgan fingerprint density at radius 1 is 0.889 bits per heavy atom. The predicted molar refractivity (Wildman–Crippen MR) is 94.2 cm³/mol. The van der Waals surface area contributed by atoms with E-state index in [-0.39, 0.29) is 6.42 Å². The number of carboxylic acids is 1. The SMILES string of the molecule is CC(NC(=O)C(N)CO)C(=O)NC(CO)C(=O)NC(CCCCN)C(=O)O. The number of unbranched alkanes of at least 4 members (excludes halogenated alkanes) is 1. The van der Waals surface area contributed by atoms with Gasteiger partial charge in [0.05, 0.1) is 13.2 Å². The second-order valence-electron chi connectivity index (χ2n) is 5.95. The summed E-state index contributed by atoms with van der Waals surface area (Å²) in [6.45, 7) is 0.321. The average Bonchev–Trinajstić information content (AvgIpc) is 2.63. The zero-order valence-electron chi connectivity index (χ0n) is 15.2. The van der Waals surface area contributed by atoms with Gasteiger partial charge in [-0.3, -0.25) is 14.4 Å². The fourth-order valence-electron chi connectivity index (χ4n) is 1.98. The molecule has 0 aliphatic carbocycles. The Labute approximate surface area is 156 Å². The van der Waals surface area contributed by atoms with Crippen molar-refractivity contribution >= 4 is 23.7 Å². The molecule has 0 aliphatic rings. The van der Waals surface area contributed by atoms with Crippen molar-refractivity contribution in [1.29, 1.82) is 0 Å². The number of carbonyl (C=O) groups is 4. The minimum absolute atomic E-state index is 0.149. The zero-order valence-corrected chi connectivity index (χ0v) is 15.2. The number of aliphatic carboxylic acids is 1. The topological polar surface area (TPSA) is 217 Å². The molecule has 0 bridgehead atoms. The maximum absolute atomic E-state index is 12.1. The van der Waals surface area contributed by atoms with Crippen molar-refractivity contribution in [2.24, 2.45) is 11.5 Å². The number of nitrogens with one attached hydrogen (secondary N) is 3. The van der Waals surface area contributed by atoms with Crippen molar-refractivity contribution in [3.05, 3.63) is 0 Å². The Bertz CT molecular complexity index is 517. The lowest BCUT2D eigenvalue weighted by Crippen LogP contribution is -2.57. The highest BCUT2D eigenvalue weighted by atomic mass is 16.4. The van der Waals surface area contributed by atoms with E-state index >= 15 is 0 Å². The third-order valence-electron chi connectivity index (χ3n) is 3.66. The van der Waals surface area contributed by atoms with E-state index < -0.39 is 61.1 Å². The van der Waals surface area contributed by atoms with Gasteiger partial charge in [0.15, 0.2) is 0 Å². The van der Waals surface area contributed by atoms with Crippen molar-refractivity contribution in [1.82, 2.24) is 16.0 Å². The third kappa shape index (κ3) is 9.28. The number of aliphatic hydroxyl groups excluding tert-OH is 2. The van der Waals surface area contributed by atoms with E-state index in [1.165, 1.54) is 6.92 Å². The largest absolute Gasteiger partial charge is 0.480 e. The van der Waals surface area contributed by atoms with E-state index in [4.69, 9.17) is 21.7 Å². The molecule has 0 fully saturated rings. The Hall–Kier alpha value is -2.28. The van der Waals surface area contributed by atoms with Gasteiger partial charge in [-0.2, -0.15) is 0 Å². The molecule has 27 heavy (non-hydrogen) atoms. The van der Waals surface area contributed by atoms with E-state index in [1.807, 2.05) is 0 Å². The summed E-state index contributed by atoms with van der Waals surface area (Å²) in [5.74, 6) is -3.69. The molecule has 0 aromatic rings. The van der Waals surface area contributed by atoms with Gasteiger partial charge in [0.2, 0.25) is 17.7 Å². The summed E-state index contributed by atoms with van der Waals surface area (Å²) in [5, 5.41) is 33.9. The van der Waals surface area contributed by atoms with Gasteiger partial charge in [0.1, 0.15) is 24.2 Å². The maximum Gasteiger partial charge on any atom is 0.326 e. The average molecular weight is 391 g/mol. The molecule has 3 amide bonds. The molecule has 0 saturated heterocycles. The Morgan fingerprint density at radius 3 is 1.96 bits per heavy atom. The Morgan fingerprint density at radius 2 is 1.48 bits per heavy atom. The molecule has 12 nitrogen and oxygen atoms in total. The van der Waals surface area contributed by atoms with Crippen molar-refractivity contribution in [2.45, 2.75) is 50.4 Å². The molecule has 156 valence electrons. The minimum atomic E-state index is -1.40. The molecule has 0 heterocycles. The standard InChI is InChI=1S/C15H29N5O7/c1-8(18-13(24)9(17)6-21)12(23)20-11(7-22)14(25)19-10(15(26)27)4-2-3-5-16/h8-11,21-22H,2-7,16-17H2,1H3,(H,18,24)(H,19,25)(H,20,23)(H,26,27). The van der Waals surface area contributed by atoms with Crippen molar-refractivity contribution in [3.8, 4) is 0 Å². The molecule has 0 radical (unpaired) electrons. The van der Waals surface area contributed by atoms with Gasteiger partial charge in [-0.05, 0) is 32.7 Å². The number of carboxylic acid groups (broad SMARTS) is 1. The van der Waals surface area contributed by atoms with Gasteiger partial charge in [-0.25, -0.2) is 4.79 Å². The van der Waals surface area contributed by atoms with Crippen molar-refractivity contribution < 1.29 is 34.5 Å². The molecule has 0 aromatic heterocycles. The van der Waals surface area contributed by atoms with Crippen LogP contribution in [0.15, 0.2) is 0 Å². The predicted octanol–water partition coefficient (Wildman–Crippen LogP) is -4.01. The van der Waals surface area contributed by atoms with Crippen molar-refractivity contribution in [2.75, 3.05) is 19.8 Å². The molecule has 0 spiro atoms. The van der Waals surface area contributed by atoms with E-state index in [0.29, 0.717) is 19.4 Å². The first-order valence-electron chi connectivity index (χ1n) is 8.49. The Balaban J connectivity index is 4.74. The summed E-state index contributed by atoms with van der Waals surface area (Å²) in [5.41, 5.74) is 10.7. The van der Waals surface area contributed by atoms with Crippen LogP contribution in [0.5, 0.6) is 0 Å². The van der Waals surface area contributed by atoms with Gasteiger partial charge < -0.3 is 42.7 Å². The number of rotatable bonds is 13. The minimum Gasteiger partial charge on any atom is -0.480 e.